The number of hydrogen-bond donors (Lipinski definition) is 2. The van der Waals surface area contributed by atoms with Crippen LogP contribution in [-0.2, 0) is 0 Å². The Labute approximate surface area is 116 Å². The number of nitrogens with one attached hydrogen (secondary N) is 2. The standard InChI is InChI=1S/C12H10N2O.C3H4N2/c15-12(10-6-2-1-3-7-10)14-11-8-4-5-9-13-11;1-2-4-5-3-1/h1-9H,(H,13,14,15);1-3H,(H,4,5). The van der Waals surface area contributed by atoms with Gasteiger partial charge in [0.25, 0.3) is 5.91 Å². The monoisotopic (exact) mass is 266 g/mol. The molecule has 2 N–H and O–H groups in total. The molecule has 0 aliphatic carbocycles. The van der Waals surface area contributed by atoms with Crippen LogP contribution < -0.4 is 5.32 Å². The summed E-state index contributed by atoms with van der Waals surface area (Å²) in [5, 5.41) is 8.92. The number of aromatic amines is 1. The predicted octanol–water partition coefficient (Wildman–Crippen LogP) is 2.74. The fraction of sp³-hybridized carbons (Fsp3) is 0. The van der Waals surface area contributed by atoms with Crippen LogP contribution >= 0.6 is 0 Å². The van der Waals surface area contributed by atoms with Crippen LogP contribution in [0.25, 0.3) is 0 Å². The maximum Gasteiger partial charge on any atom is 0.256 e. The Balaban J connectivity index is 0.000000247. The molecule has 0 unspecified atom stereocenters. The number of H-pyrrole nitrogens is 1. The van der Waals surface area contributed by atoms with Crippen molar-refractivity contribution in [1.29, 1.82) is 0 Å². The lowest BCUT2D eigenvalue weighted by molar-refractivity contribution is 0.102. The first kappa shape index (κ1) is 13.5. The predicted molar refractivity (Wildman–Crippen MR) is 77.2 cm³/mol. The quantitative estimate of drug-likeness (QED) is 0.749. The van der Waals surface area contributed by atoms with Crippen molar-refractivity contribution < 1.29 is 4.79 Å². The van der Waals surface area contributed by atoms with Gasteiger partial charge in [-0.2, -0.15) is 5.10 Å². The number of hydrogen-bond acceptors (Lipinski definition) is 3. The van der Waals surface area contributed by atoms with Gasteiger partial charge in [-0.1, -0.05) is 24.3 Å². The summed E-state index contributed by atoms with van der Waals surface area (Å²) in [5.74, 6) is 0.417. The van der Waals surface area contributed by atoms with Gasteiger partial charge in [-0.25, -0.2) is 4.98 Å². The third kappa shape index (κ3) is 4.38. The lowest BCUT2D eigenvalue weighted by atomic mass is 10.2. The number of benzene rings is 1. The van der Waals surface area contributed by atoms with Crippen LogP contribution in [0.4, 0.5) is 5.82 Å². The maximum atomic E-state index is 11.7. The van der Waals surface area contributed by atoms with Crippen LogP contribution in [0.5, 0.6) is 0 Å². The molecule has 0 bridgehead atoms. The van der Waals surface area contributed by atoms with Gasteiger partial charge < -0.3 is 5.32 Å². The van der Waals surface area contributed by atoms with Gasteiger partial charge in [0.05, 0.1) is 0 Å². The van der Waals surface area contributed by atoms with Gasteiger partial charge in [-0.05, 0) is 30.3 Å². The van der Waals surface area contributed by atoms with Gasteiger partial charge in [0.2, 0.25) is 0 Å². The molecule has 2 heterocycles. The van der Waals surface area contributed by atoms with Crippen LogP contribution in [0.3, 0.4) is 0 Å². The fourth-order valence-electron chi connectivity index (χ4n) is 1.43. The van der Waals surface area contributed by atoms with Crippen molar-refractivity contribution in [1.82, 2.24) is 15.2 Å². The largest absolute Gasteiger partial charge is 0.307 e. The van der Waals surface area contributed by atoms with E-state index in [1.54, 1.807) is 42.9 Å². The zero-order valence-electron chi connectivity index (χ0n) is 10.7. The molecule has 0 aliphatic heterocycles. The number of carbonyl (C=O) groups is 1. The van der Waals surface area contributed by atoms with E-state index in [9.17, 15) is 4.79 Å². The van der Waals surface area contributed by atoms with Crippen molar-refractivity contribution in [2.75, 3.05) is 5.32 Å². The van der Waals surface area contributed by atoms with Crippen molar-refractivity contribution in [3.8, 4) is 0 Å². The first-order chi connectivity index (χ1) is 9.86. The van der Waals surface area contributed by atoms with Crippen molar-refractivity contribution in [3.63, 3.8) is 0 Å². The highest BCUT2D eigenvalue weighted by Crippen LogP contribution is 2.04. The molecule has 0 fully saturated rings. The minimum atomic E-state index is -0.144. The smallest absolute Gasteiger partial charge is 0.256 e. The zero-order chi connectivity index (χ0) is 14.0. The zero-order valence-corrected chi connectivity index (χ0v) is 10.7. The number of aromatic nitrogens is 3. The molecule has 0 radical (unpaired) electrons. The van der Waals surface area contributed by atoms with E-state index < -0.39 is 0 Å². The molecule has 3 rings (SSSR count). The van der Waals surface area contributed by atoms with E-state index in [2.05, 4.69) is 20.5 Å². The van der Waals surface area contributed by atoms with Gasteiger partial charge >= 0.3 is 0 Å². The lowest BCUT2D eigenvalue weighted by Crippen LogP contribution is -2.12. The van der Waals surface area contributed by atoms with Crippen molar-refractivity contribution in [3.05, 3.63) is 78.8 Å². The number of pyridine rings is 1. The van der Waals surface area contributed by atoms with Crippen LogP contribution in [0.2, 0.25) is 0 Å². The average molecular weight is 266 g/mol. The maximum absolute atomic E-state index is 11.7. The van der Waals surface area contributed by atoms with Crippen molar-refractivity contribution in [2.45, 2.75) is 0 Å². The third-order valence-corrected chi connectivity index (χ3v) is 2.35. The van der Waals surface area contributed by atoms with Gasteiger partial charge in [0, 0.05) is 24.2 Å². The normalized spacial score (nSPS) is 9.20. The summed E-state index contributed by atoms with van der Waals surface area (Å²) in [4.78, 5) is 15.7. The number of carbonyl (C=O) groups excluding carboxylic acids is 1. The number of amides is 1. The van der Waals surface area contributed by atoms with E-state index in [0.29, 0.717) is 11.4 Å². The van der Waals surface area contributed by atoms with Crippen LogP contribution in [0.1, 0.15) is 10.4 Å². The summed E-state index contributed by atoms with van der Waals surface area (Å²) in [6.45, 7) is 0. The summed E-state index contributed by atoms with van der Waals surface area (Å²) in [5.41, 5.74) is 0.628. The lowest BCUT2D eigenvalue weighted by Gasteiger charge is -2.02. The average Bonchev–Trinajstić information content (AvgIpc) is 3.09. The van der Waals surface area contributed by atoms with Gasteiger partial charge in [0.1, 0.15) is 5.82 Å². The summed E-state index contributed by atoms with van der Waals surface area (Å²) in [6.07, 6.45) is 5.10. The molecule has 5 nitrogen and oxygen atoms in total. The molecule has 5 heteroatoms. The van der Waals surface area contributed by atoms with Gasteiger partial charge in [-0.3, -0.25) is 9.89 Å². The van der Waals surface area contributed by atoms with E-state index in [1.165, 1.54) is 0 Å². The molecule has 0 atom stereocenters. The number of rotatable bonds is 2. The highest BCUT2D eigenvalue weighted by Gasteiger charge is 2.04. The van der Waals surface area contributed by atoms with E-state index in [0.717, 1.165) is 0 Å². The second-order valence-corrected chi connectivity index (χ2v) is 3.80. The van der Waals surface area contributed by atoms with E-state index in [4.69, 9.17) is 0 Å². The molecule has 3 aromatic rings. The molecule has 0 aliphatic rings. The Morgan fingerprint density at radius 1 is 0.950 bits per heavy atom. The van der Waals surface area contributed by atoms with E-state index in [-0.39, 0.29) is 5.91 Å². The number of anilines is 1. The van der Waals surface area contributed by atoms with Crippen molar-refractivity contribution in [2.24, 2.45) is 0 Å². The Bertz CT molecular complexity index is 592. The summed E-state index contributed by atoms with van der Waals surface area (Å²) >= 11 is 0. The van der Waals surface area contributed by atoms with Crippen LogP contribution in [0, 0.1) is 0 Å². The highest BCUT2D eigenvalue weighted by atomic mass is 16.1. The Morgan fingerprint density at radius 3 is 2.30 bits per heavy atom. The second-order valence-electron chi connectivity index (χ2n) is 3.80. The highest BCUT2D eigenvalue weighted by molar-refractivity contribution is 6.03. The van der Waals surface area contributed by atoms with E-state index in [1.807, 2.05) is 30.3 Å². The Morgan fingerprint density at radius 2 is 1.75 bits per heavy atom. The van der Waals surface area contributed by atoms with E-state index >= 15 is 0 Å². The molecule has 0 spiro atoms. The third-order valence-electron chi connectivity index (χ3n) is 2.35. The molecule has 20 heavy (non-hydrogen) atoms. The molecular weight excluding hydrogens is 252 g/mol. The van der Waals surface area contributed by atoms with Crippen LogP contribution in [-0.4, -0.2) is 21.1 Å². The first-order valence-corrected chi connectivity index (χ1v) is 6.07. The molecule has 0 saturated carbocycles. The summed E-state index contributed by atoms with van der Waals surface area (Å²) in [7, 11) is 0. The first-order valence-electron chi connectivity index (χ1n) is 6.07. The topological polar surface area (TPSA) is 70.7 Å². The summed E-state index contributed by atoms with van der Waals surface area (Å²) < 4.78 is 0. The minimum absolute atomic E-state index is 0.144. The molecule has 100 valence electrons. The molecule has 1 aromatic carbocycles. The number of nitrogens with zero attached hydrogens (tertiary/aromatic N) is 2. The molecular formula is C15H14N4O. The fourth-order valence-corrected chi connectivity index (χ4v) is 1.43. The van der Waals surface area contributed by atoms with Gasteiger partial charge in [0.15, 0.2) is 0 Å². The molecule has 1 amide bonds. The van der Waals surface area contributed by atoms with Crippen LogP contribution in [0.15, 0.2) is 73.2 Å². The molecule has 2 aromatic heterocycles. The second kappa shape index (κ2) is 7.48. The SMILES string of the molecule is O=C(Nc1ccccn1)c1ccccc1.c1cn[nH]c1. The van der Waals surface area contributed by atoms with Crippen molar-refractivity contribution >= 4 is 11.7 Å². The summed E-state index contributed by atoms with van der Waals surface area (Å²) in [6, 6.07) is 16.3. The Hall–Kier alpha value is -2.95. The minimum Gasteiger partial charge on any atom is -0.307 e. The molecule has 0 saturated heterocycles. The van der Waals surface area contributed by atoms with Gasteiger partial charge in [-0.15, -0.1) is 0 Å². The Kier molecular flexibility index (Phi) is 5.04.